The van der Waals surface area contributed by atoms with Crippen LogP contribution < -0.4 is 9.47 Å². The van der Waals surface area contributed by atoms with E-state index in [0.717, 1.165) is 11.1 Å². The molecule has 19 heavy (non-hydrogen) atoms. The molecule has 0 aliphatic rings. The fourth-order valence-corrected chi connectivity index (χ4v) is 1.87. The Morgan fingerprint density at radius 2 is 1.84 bits per heavy atom. The molecule has 1 N–H and O–H groups in total. The number of aliphatic hydroxyl groups excluding tert-OH is 1. The van der Waals surface area contributed by atoms with E-state index in [4.69, 9.17) is 9.47 Å². The zero-order valence-electron chi connectivity index (χ0n) is 11.2. The van der Waals surface area contributed by atoms with Crippen LogP contribution in [-0.4, -0.2) is 12.2 Å². The minimum atomic E-state index is -0.0691. The lowest BCUT2D eigenvalue weighted by Gasteiger charge is -2.12. The molecule has 0 atom stereocenters. The molecule has 3 nitrogen and oxygen atoms in total. The maximum Gasteiger partial charge on any atom is 0.125 e. The summed E-state index contributed by atoms with van der Waals surface area (Å²) >= 11 is 0. The molecular formula is C16H18O3. The molecule has 0 fully saturated rings. The van der Waals surface area contributed by atoms with Crippen molar-refractivity contribution >= 4 is 0 Å². The van der Waals surface area contributed by atoms with Gasteiger partial charge in [-0.1, -0.05) is 24.3 Å². The highest BCUT2D eigenvalue weighted by Crippen LogP contribution is 2.25. The lowest BCUT2D eigenvalue weighted by molar-refractivity contribution is 0.257. The maximum absolute atomic E-state index is 9.35. The largest absolute Gasteiger partial charge is 0.497 e. The Hall–Kier alpha value is -2.00. The summed E-state index contributed by atoms with van der Waals surface area (Å²) in [5, 5.41) is 9.35. The van der Waals surface area contributed by atoms with Crippen molar-refractivity contribution in [3.05, 3.63) is 59.2 Å². The molecule has 2 aromatic rings. The van der Waals surface area contributed by atoms with E-state index in [1.54, 1.807) is 13.2 Å². The van der Waals surface area contributed by atoms with Crippen LogP contribution in [0, 0.1) is 6.92 Å². The van der Waals surface area contributed by atoms with E-state index in [9.17, 15) is 5.11 Å². The highest BCUT2D eigenvalue weighted by Gasteiger charge is 2.06. The summed E-state index contributed by atoms with van der Waals surface area (Å²) in [5.41, 5.74) is 3.07. The molecule has 100 valence electrons. The van der Waals surface area contributed by atoms with Crippen molar-refractivity contribution in [3.8, 4) is 11.5 Å². The van der Waals surface area contributed by atoms with Crippen molar-refractivity contribution in [2.75, 3.05) is 7.11 Å². The third-order valence-electron chi connectivity index (χ3n) is 3.08. The quantitative estimate of drug-likeness (QED) is 0.895. The van der Waals surface area contributed by atoms with Gasteiger partial charge >= 0.3 is 0 Å². The Labute approximate surface area is 113 Å². The molecule has 3 heteroatoms. The van der Waals surface area contributed by atoms with Crippen molar-refractivity contribution in [1.82, 2.24) is 0 Å². The normalized spacial score (nSPS) is 10.3. The second-order valence-electron chi connectivity index (χ2n) is 4.35. The third-order valence-corrected chi connectivity index (χ3v) is 3.08. The van der Waals surface area contributed by atoms with Gasteiger partial charge in [-0.15, -0.1) is 0 Å². The summed E-state index contributed by atoms with van der Waals surface area (Å²) in [4.78, 5) is 0. The van der Waals surface area contributed by atoms with Gasteiger partial charge in [-0.25, -0.2) is 0 Å². The molecule has 0 aliphatic carbocycles. The summed E-state index contributed by atoms with van der Waals surface area (Å²) in [5.74, 6) is 1.40. The summed E-state index contributed by atoms with van der Waals surface area (Å²) in [6, 6.07) is 13.5. The van der Waals surface area contributed by atoms with E-state index in [1.165, 1.54) is 5.56 Å². The Kier molecular flexibility index (Phi) is 4.42. The highest BCUT2D eigenvalue weighted by atomic mass is 16.5. The second kappa shape index (κ2) is 6.25. The molecule has 0 aliphatic heterocycles. The molecule has 0 radical (unpaired) electrons. The molecule has 2 rings (SSSR count). The maximum atomic E-state index is 9.35. The zero-order valence-corrected chi connectivity index (χ0v) is 11.2. The topological polar surface area (TPSA) is 38.7 Å². The SMILES string of the molecule is COc1ccc(OCc2ccccc2C)c(CO)c1. The lowest BCUT2D eigenvalue weighted by Crippen LogP contribution is -2.00. The lowest BCUT2D eigenvalue weighted by atomic mass is 10.1. The number of aryl methyl sites for hydroxylation is 1. The van der Waals surface area contributed by atoms with Gasteiger partial charge in [0, 0.05) is 5.56 Å². The van der Waals surface area contributed by atoms with E-state index >= 15 is 0 Å². The number of aliphatic hydroxyl groups is 1. The molecule has 0 saturated carbocycles. The number of ether oxygens (including phenoxy) is 2. The van der Waals surface area contributed by atoms with Crippen molar-refractivity contribution in [1.29, 1.82) is 0 Å². The van der Waals surface area contributed by atoms with E-state index in [-0.39, 0.29) is 6.61 Å². The molecule has 2 aromatic carbocycles. The van der Waals surface area contributed by atoms with E-state index in [0.29, 0.717) is 18.1 Å². The van der Waals surface area contributed by atoms with E-state index < -0.39 is 0 Å². The predicted molar refractivity (Wildman–Crippen MR) is 74.4 cm³/mol. The van der Waals surface area contributed by atoms with Gasteiger partial charge < -0.3 is 14.6 Å². The molecule has 0 heterocycles. The minimum absolute atomic E-state index is 0.0691. The second-order valence-corrected chi connectivity index (χ2v) is 4.35. The van der Waals surface area contributed by atoms with Crippen molar-refractivity contribution in [2.45, 2.75) is 20.1 Å². The van der Waals surface area contributed by atoms with E-state index in [1.807, 2.05) is 30.3 Å². The van der Waals surface area contributed by atoms with Gasteiger partial charge in [0.15, 0.2) is 0 Å². The monoisotopic (exact) mass is 258 g/mol. The van der Waals surface area contributed by atoms with Crippen LogP contribution in [-0.2, 0) is 13.2 Å². The van der Waals surface area contributed by atoms with Gasteiger partial charge in [0.2, 0.25) is 0 Å². The molecule has 0 spiro atoms. The minimum Gasteiger partial charge on any atom is -0.497 e. The van der Waals surface area contributed by atoms with Crippen molar-refractivity contribution in [2.24, 2.45) is 0 Å². The summed E-state index contributed by atoms with van der Waals surface area (Å²) in [7, 11) is 1.60. The van der Waals surface area contributed by atoms with Crippen LogP contribution in [0.5, 0.6) is 11.5 Å². The number of hydrogen-bond donors (Lipinski definition) is 1. The van der Waals surface area contributed by atoms with Gasteiger partial charge in [0.05, 0.1) is 13.7 Å². The number of hydrogen-bond acceptors (Lipinski definition) is 3. The van der Waals surface area contributed by atoms with Crippen LogP contribution in [0.25, 0.3) is 0 Å². The first-order valence-electron chi connectivity index (χ1n) is 6.19. The molecular weight excluding hydrogens is 240 g/mol. The number of methoxy groups -OCH3 is 1. The Balaban J connectivity index is 2.13. The summed E-state index contributed by atoms with van der Waals surface area (Å²) < 4.78 is 10.9. The fourth-order valence-electron chi connectivity index (χ4n) is 1.87. The van der Waals surface area contributed by atoms with Gasteiger partial charge in [-0.3, -0.25) is 0 Å². The molecule has 0 unspecified atom stereocenters. The van der Waals surface area contributed by atoms with Crippen LogP contribution >= 0.6 is 0 Å². The first kappa shape index (κ1) is 13.4. The third kappa shape index (κ3) is 3.26. The van der Waals surface area contributed by atoms with Gasteiger partial charge in [0.25, 0.3) is 0 Å². The van der Waals surface area contributed by atoms with Gasteiger partial charge in [-0.05, 0) is 36.2 Å². The average Bonchev–Trinajstić information content (AvgIpc) is 2.46. The standard InChI is InChI=1S/C16H18O3/c1-12-5-3-4-6-13(12)11-19-16-8-7-15(18-2)9-14(16)10-17/h3-9,17H,10-11H2,1-2H3. The predicted octanol–water partition coefficient (Wildman–Crippen LogP) is 3.07. The van der Waals surface area contributed by atoms with Crippen LogP contribution in [0.15, 0.2) is 42.5 Å². The van der Waals surface area contributed by atoms with Gasteiger partial charge in [-0.2, -0.15) is 0 Å². The summed E-state index contributed by atoms with van der Waals surface area (Å²) in [6.45, 7) is 2.48. The van der Waals surface area contributed by atoms with Crippen molar-refractivity contribution < 1.29 is 14.6 Å². The first-order valence-corrected chi connectivity index (χ1v) is 6.19. The Morgan fingerprint density at radius 3 is 2.53 bits per heavy atom. The highest BCUT2D eigenvalue weighted by molar-refractivity contribution is 5.40. The fraction of sp³-hybridized carbons (Fsp3) is 0.250. The van der Waals surface area contributed by atoms with Crippen molar-refractivity contribution in [3.63, 3.8) is 0 Å². The molecule has 0 aromatic heterocycles. The zero-order chi connectivity index (χ0) is 13.7. The Morgan fingerprint density at radius 1 is 1.05 bits per heavy atom. The van der Waals surface area contributed by atoms with Crippen LogP contribution in [0.1, 0.15) is 16.7 Å². The molecule has 0 amide bonds. The van der Waals surface area contributed by atoms with Gasteiger partial charge in [0.1, 0.15) is 18.1 Å². The van der Waals surface area contributed by atoms with E-state index in [2.05, 4.69) is 13.0 Å². The van der Waals surface area contributed by atoms with Crippen LogP contribution in [0.3, 0.4) is 0 Å². The Bertz CT molecular complexity index is 549. The van der Waals surface area contributed by atoms with Crippen LogP contribution in [0.4, 0.5) is 0 Å². The molecule has 0 saturated heterocycles. The number of benzene rings is 2. The number of rotatable bonds is 5. The summed E-state index contributed by atoms with van der Waals surface area (Å²) in [6.07, 6.45) is 0. The smallest absolute Gasteiger partial charge is 0.125 e. The average molecular weight is 258 g/mol. The molecule has 0 bridgehead atoms. The first-order chi connectivity index (χ1) is 9.24. The van der Waals surface area contributed by atoms with Crippen LogP contribution in [0.2, 0.25) is 0 Å².